The van der Waals surface area contributed by atoms with Crippen molar-refractivity contribution in [3.05, 3.63) is 11.2 Å². The SMILES string of the molecule is CNc1nc(Cl)cc(OC)n1. The Hall–Kier alpha value is -1.03. The molecule has 1 rings (SSSR count). The fraction of sp³-hybridized carbons (Fsp3) is 0.333. The molecule has 0 fully saturated rings. The van der Waals surface area contributed by atoms with E-state index in [1.165, 1.54) is 7.11 Å². The van der Waals surface area contributed by atoms with Crippen molar-refractivity contribution >= 4 is 17.5 Å². The Kier molecular flexibility index (Phi) is 2.48. The first kappa shape index (κ1) is 8.07. The molecule has 4 nitrogen and oxygen atoms in total. The van der Waals surface area contributed by atoms with E-state index in [-0.39, 0.29) is 0 Å². The fourth-order valence-electron chi connectivity index (χ4n) is 0.613. The van der Waals surface area contributed by atoms with Gasteiger partial charge in [-0.1, -0.05) is 11.6 Å². The topological polar surface area (TPSA) is 47.0 Å². The second-order valence-corrected chi connectivity index (χ2v) is 2.19. The molecular formula is C6H8ClN3O. The summed E-state index contributed by atoms with van der Waals surface area (Å²) < 4.78 is 4.86. The molecule has 0 bridgehead atoms. The summed E-state index contributed by atoms with van der Waals surface area (Å²) in [5.74, 6) is 0.906. The third-order valence-corrected chi connectivity index (χ3v) is 1.30. The monoisotopic (exact) mass is 173 g/mol. The van der Waals surface area contributed by atoms with Gasteiger partial charge in [-0.2, -0.15) is 4.98 Å². The zero-order valence-corrected chi connectivity index (χ0v) is 7.01. The highest BCUT2D eigenvalue weighted by Crippen LogP contribution is 2.14. The maximum Gasteiger partial charge on any atom is 0.227 e. The number of ether oxygens (including phenoxy) is 1. The van der Waals surface area contributed by atoms with Crippen molar-refractivity contribution in [3.63, 3.8) is 0 Å². The lowest BCUT2D eigenvalue weighted by molar-refractivity contribution is 0.397. The van der Waals surface area contributed by atoms with E-state index in [4.69, 9.17) is 16.3 Å². The maximum atomic E-state index is 5.64. The Balaban J connectivity index is 3.02. The van der Waals surface area contributed by atoms with Crippen LogP contribution >= 0.6 is 11.6 Å². The minimum atomic E-state index is 0.362. The summed E-state index contributed by atoms with van der Waals surface area (Å²) in [5, 5.41) is 3.12. The van der Waals surface area contributed by atoms with Gasteiger partial charge in [-0.05, 0) is 0 Å². The van der Waals surface area contributed by atoms with Gasteiger partial charge < -0.3 is 10.1 Å². The van der Waals surface area contributed by atoms with Crippen LogP contribution in [0, 0.1) is 0 Å². The summed E-state index contributed by atoms with van der Waals surface area (Å²) in [4.78, 5) is 7.81. The molecule has 1 aromatic heterocycles. The molecule has 0 amide bonds. The first-order valence-electron chi connectivity index (χ1n) is 3.02. The summed E-state index contributed by atoms with van der Waals surface area (Å²) in [6.07, 6.45) is 0. The molecule has 0 aliphatic heterocycles. The van der Waals surface area contributed by atoms with Crippen LogP contribution in [-0.2, 0) is 0 Å². The lowest BCUT2D eigenvalue weighted by atomic mass is 10.6. The second-order valence-electron chi connectivity index (χ2n) is 1.81. The number of aromatic nitrogens is 2. The molecule has 0 radical (unpaired) electrons. The Labute approximate surface area is 69.6 Å². The Morgan fingerprint density at radius 1 is 1.55 bits per heavy atom. The van der Waals surface area contributed by atoms with Crippen molar-refractivity contribution in [2.45, 2.75) is 0 Å². The van der Waals surface area contributed by atoms with Crippen molar-refractivity contribution in [2.75, 3.05) is 19.5 Å². The summed E-state index contributed by atoms with van der Waals surface area (Å²) in [7, 11) is 3.24. The average molecular weight is 174 g/mol. The summed E-state index contributed by atoms with van der Waals surface area (Å²) >= 11 is 5.64. The highest BCUT2D eigenvalue weighted by molar-refractivity contribution is 6.29. The first-order chi connectivity index (χ1) is 5.26. The Morgan fingerprint density at radius 3 is 2.82 bits per heavy atom. The Morgan fingerprint density at radius 2 is 2.27 bits per heavy atom. The van der Waals surface area contributed by atoms with Crippen LogP contribution in [0.3, 0.4) is 0 Å². The molecule has 0 saturated carbocycles. The molecule has 1 aromatic rings. The van der Waals surface area contributed by atoms with Crippen LogP contribution in [0.1, 0.15) is 0 Å². The lowest BCUT2D eigenvalue weighted by Crippen LogP contribution is -1.98. The predicted molar refractivity (Wildman–Crippen MR) is 43.1 cm³/mol. The molecule has 0 spiro atoms. The van der Waals surface area contributed by atoms with E-state index in [0.29, 0.717) is 17.0 Å². The van der Waals surface area contributed by atoms with Gasteiger partial charge in [-0.15, -0.1) is 0 Å². The molecule has 1 N–H and O–H groups in total. The number of hydrogen-bond donors (Lipinski definition) is 1. The van der Waals surface area contributed by atoms with Crippen LogP contribution in [0.5, 0.6) is 5.88 Å². The minimum Gasteiger partial charge on any atom is -0.481 e. The van der Waals surface area contributed by atoms with Crippen molar-refractivity contribution in [1.82, 2.24) is 9.97 Å². The van der Waals surface area contributed by atoms with Gasteiger partial charge in [0, 0.05) is 13.1 Å². The van der Waals surface area contributed by atoms with Crippen molar-refractivity contribution in [3.8, 4) is 5.88 Å². The zero-order valence-electron chi connectivity index (χ0n) is 6.26. The van der Waals surface area contributed by atoms with Crippen molar-refractivity contribution in [1.29, 1.82) is 0 Å². The normalized spacial score (nSPS) is 9.36. The van der Waals surface area contributed by atoms with Gasteiger partial charge in [-0.3, -0.25) is 0 Å². The molecular weight excluding hydrogens is 166 g/mol. The smallest absolute Gasteiger partial charge is 0.227 e. The lowest BCUT2D eigenvalue weighted by Gasteiger charge is -2.01. The number of rotatable bonds is 2. The van der Waals surface area contributed by atoms with Gasteiger partial charge in [-0.25, -0.2) is 4.98 Å². The molecule has 5 heteroatoms. The van der Waals surface area contributed by atoms with Crippen LogP contribution in [0.15, 0.2) is 6.07 Å². The van der Waals surface area contributed by atoms with E-state index in [9.17, 15) is 0 Å². The van der Waals surface area contributed by atoms with Gasteiger partial charge in [0.15, 0.2) is 0 Å². The quantitative estimate of drug-likeness (QED) is 0.683. The number of halogens is 1. The van der Waals surface area contributed by atoms with Gasteiger partial charge >= 0.3 is 0 Å². The largest absolute Gasteiger partial charge is 0.481 e. The van der Waals surface area contributed by atoms with E-state index in [1.807, 2.05) is 0 Å². The van der Waals surface area contributed by atoms with Crippen LogP contribution in [0.25, 0.3) is 0 Å². The van der Waals surface area contributed by atoms with E-state index in [2.05, 4.69) is 15.3 Å². The molecule has 0 aliphatic rings. The summed E-state index contributed by atoms with van der Waals surface area (Å²) in [5.41, 5.74) is 0. The minimum absolute atomic E-state index is 0.362. The van der Waals surface area contributed by atoms with E-state index < -0.39 is 0 Å². The number of nitrogens with one attached hydrogen (secondary N) is 1. The highest BCUT2D eigenvalue weighted by Gasteiger charge is 1.99. The number of hydrogen-bond acceptors (Lipinski definition) is 4. The van der Waals surface area contributed by atoms with Crippen molar-refractivity contribution < 1.29 is 4.74 Å². The number of anilines is 1. The summed E-state index contributed by atoms with van der Waals surface area (Å²) in [6.45, 7) is 0. The van der Waals surface area contributed by atoms with E-state index >= 15 is 0 Å². The average Bonchev–Trinajstić information content (AvgIpc) is 2.03. The van der Waals surface area contributed by atoms with Crippen LogP contribution < -0.4 is 10.1 Å². The molecule has 0 unspecified atom stereocenters. The molecule has 0 saturated heterocycles. The third kappa shape index (κ3) is 1.94. The maximum absolute atomic E-state index is 5.64. The molecule has 1 heterocycles. The second kappa shape index (κ2) is 3.39. The molecule has 0 aromatic carbocycles. The number of nitrogens with zero attached hydrogens (tertiary/aromatic N) is 2. The third-order valence-electron chi connectivity index (χ3n) is 1.10. The van der Waals surface area contributed by atoms with Crippen LogP contribution in [0.2, 0.25) is 5.15 Å². The highest BCUT2D eigenvalue weighted by atomic mass is 35.5. The van der Waals surface area contributed by atoms with E-state index in [1.54, 1.807) is 13.1 Å². The van der Waals surface area contributed by atoms with Crippen LogP contribution in [0.4, 0.5) is 5.95 Å². The molecule has 60 valence electrons. The zero-order chi connectivity index (χ0) is 8.27. The molecule has 11 heavy (non-hydrogen) atoms. The molecule has 0 aliphatic carbocycles. The predicted octanol–water partition coefficient (Wildman–Crippen LogP) is 1.18. The number of methoxy groups -OCH3 is 1. The molecule has 0 atom stereocenters. The van der Waals surface area contributed by atoms with E-state index in [0.717, 1.165) is 0 Å². The van der Waals surface area contributed by atoms with Gasteiger partial charge in [0.2, 0.25) is 11.8 Å². The van der Waals surface area contributed by atoms with Gasteiger partial charge in [0.1, 0.15) is 5.15 Å². The van der Waals surface area contributed by atoms with Crippen LogP contribution in [-0.4, -0.2) is 24.1 Å². The summed E-state index contributed by atoms with van der Waals surface area (Å²) in [6, 6.07) is 1.54. The van der Waals surface area contributed by atoms with Crippen molar-refractivity contribution in [2.24, 2.45) is 0 Å². The first-order valence-corrected chi connectivity index (χ1v) is 3.40. The Bertz CT molecular complexity index is 231. The standard InChI is InChI=1S/C6H8ClN3O/c1-8-6-9-4(7)3-5(10-6)11-2/h3H,1-2H3,(H,8,9,10). The fourth-order valence-corrected chi connectivity index (χ4v) is 0.787. The van der Waals surface area contributed by atoms with Gasteiger partial charge in [0.25, 0.3) is 0 Å². The van der Waals surface area contributed by atoms with Gasteiger partial charge in [0.05, 0.1) is 7.11 Å².